The lowest BCUT2D eigenvalue weighted by Crippen LogP contribution is -1.94. The number of nitro benzene ring substituents is 1. The fourth-order valence-corrected chi connectivity index (χ4v) is 1.73. The predicted octanol–water partition coefficient (Wildman–Crippen LogP) is 2.16. The molecule has 5 heteroatoms. The van der Waals surface area contributed by atoms with E-state index >= 15 is 0 Å². The zero-order valence-corrected chi connectivity index (χ0v) is 8.54. The number of aliphatic hydroxyl groups excluding tert-OH is 1. The second-order valence-electron chi connectivity index (χ2n) is 2.64. The first kappa shape index (κ1) is 10.1. The van der Waals surface area contributed by atoms with Crippen molar-refractivity contribution in [3.05, 3.63) is 37.8 Å². The number of rotatable bonds is 2. The second kappa shape index (κ2) is 3.85. The Bertz CT molecular complexity index is 328. The van der Waals surface area contributed by atoms with E-state index in [9.17, 15) is 10.1 Å². The van der Waals surface area contributed by atoms with Crippen molar-refractivity contribution in [2.24, 2.45) is 0 Å². The number of hydrogen-bond donors (Lipinski definition) is 1. The monoisotopic (exact) mass is 245 g/mol. The summed E-state index contributed by atoms with van der Waals surface area (Å²) in [5, 5.41) is 19.4. The van der Waals surface area contributed by atoms with E-state index < -0.39 is 4.92 Å². The van der Waals surface area contributed by atoms with Crippen LogP contribution < -0.4 is 0 Å². The molecule has 0 saturated carbocycles. The number of aliphatic hydroxyl groups is 1. The van der Waals surface area contributed by atoms with Crippen molar-refractivity contribution in [1.82, 2.24) is 0 Å². The molecule has 0 saturated heterocycles. The summed E-state index contributed by atoms with van der Waals surface area (Å²) in [6, 6.07) is 2.83. The molecular weight excluding hydrogens is 238 g/mol. The van der Waals surface area contributed by atoms with Gasteiger partial charge in [0.25, 0.3) is 5.69 Å². The Kier molecular flexibility index (Phi) is 3.00. The second-order valence-corrected chi connectivity index (χ2v) is 3.49. The van der Waals surface area contributed by atoms with Crippen molar-refractivity contribution < 1.29 is 10.0 Å². The Morgan fingerprint density at radius 1 is 1.62 bits per heavy atom. The van der Waals surface area contributed by atoms with Gasteiger partial charge >= 0.3 is 0 Å². The number of benzene rings is 1. The molecule has 0 aromatic heterocycles. The Morgan fingerprint density at radius 2 is 2.23 bits per heavy atom. The van der Waals surface area contributed by atoms with Gasteiger partial charge in [-0.05, 0) is 18.1 Å². The third-order valence-corrected chi connectivity index (χ3v) is 2.48. The summed E-state index contributed by atoms with van der Waals surface area (Å²) in [5.74, 6) is 0. The van der Waals surface area contributed by atoms with Crippen molar-refractivity contribution >= 4 is 21.6 Å². The molecular formula is C8H8BrNO3. The molecule has 0 heterocycles. The minimum Gasteiger partial charge on any atom is -0.392 e. The van der Waals surface area contributed by atoms with Gasteiger partial charge in [0.05, 0.1) is 11.5 Å². The van der Waals surface area contributed by atoms with Crippen molar-refractivity contribution in [3.8, 4) is 0 Å². The van der Waals surface area contributed by atoms with Crippen LogP contribution in [0.15, 0.2) is 16.6 Å². The summed E-state index contributed by atoms with van der Waals surface area (Å²) in [7, 11) is 0. The zero-order valence-electron chi connectivity index (χ0n) is 6.95. The molecule has 0 aliphatic heterocycles. The number of halogens is 1. The van der Waals surface area contributed by atoms with Crippen LogP contribution in [0.5, 0.6) is 0 Å². The summed E-state index contributed by atoms with van der Waals surface area (Å²) < 4.78 is 0.571. The average molecular weight is 246 g/mol. The van der Waals surface area contributed by atoms with E-state index in [4.69, 9.17) is 5.11 Å². The molecule has 70 valence electrons. The molecule has 1 aromatic carbocycles. The average Bonchev–Trinajstić information content (AvgIpc) is 2.03. The van der Waals surface area contributed by atoms with Crippen LogP contribution in [0, 0.1) is 17.0 Å². The minimum atomic E-state index is -0.459. The smallest absolute Gasteiger partial charge is 0.270 e. The molecule has 0 bridgehead atoms. The van der Waals surface area contributed by atoms with Crippen LogP contribution in [0.2, 0.25) is 0 Å². The van der Waals surface area contributed by atoms with Gasteiger partial charge in [-0.25, -0.2) is 0 Å². The molecule has 4 nitrogen and oxygen atoms in total. The molecule has 0 atom stereocenters. The summed E-state index contributed by atoms with van der Waals surface area (Å²) in [6.07, 6.45) is 0. The number of nitrogens with zero attached hydrogens (tertiary/aromatic N) is 1. The van der Waals surface area contributed by atoms with Crippen molar-refractivity contribution in [3.63, 3.8) is 0 Å². The van der Waals surface area contributed by atoms with Gasteiger partial charge in [0.2, 0.25) is 0 Å². The molecule has 1 aromatic rings. The van der Waals surface area contributed by atoms with E-state index in [1.54, 1.807) is 6.92 Å². The van der Waals surface area contributed by atoms with E-state index in [0.717, 1.165) is 0 Å². The number of nitro groups is 1. The van der Waals surface area contributed by atoms with Crippen LogP contribution in [-0.4, -0.2) is 10.0 Å². The lowest BCUT2D eigenvalue weighted by atomic mass is 10.1. The van der Waals surface area contributed by atoms with Gasteiger partial charge in [-0.2, -0.15) is 0 Å². The molecule has 1 N–H and O–H groups in total. The predicted molar refractivity (Wildman–Crippen MR) is 51.5 cm³/mol. The lowest BCUT2D eigenvalue weighted by molar-refractivity contribution is -0.385. The van der Waals surface area contributed by atoms with E-state index in [-0.39, 0.29) is 12.3 Å². The Balaban J connectivity index is 3.28. The maximum Gasteiger partial charge on any atom is 0.270 e. The Morgan fingerprint density at radius 3 is 2.62 bits per heavy atom. The lowest BCUT2D eigenvalue weighted by Gasteiger charge is -2.04. The topological polar surface area (TPSA) is 63.4 Å². The van der Waals surface area contributed by atoms with E-state index in [1.807, 2.05) is 0 Å². The number of non-ortho nitro benzene ring substituents is 1. The maximum atomic E-state index is 10.4. The van der Waals surface area contributed by atoms with Gasteiger partial charge in [0.1, 0.15) is 0 Å². The normalized spacial score (nSPS) is 10.1. The molecule has 0 aliphatic rings. The first-order valence-corrected chi connectivity index (χ1v) is 4.40. The summed E-state index contributed by atoms with van der Waals surface area (Å²) in [6.45, 7) is 1.60. The van der Waals surface area contributed by atoms with Crippen molar-refractivity contribution in [2.75, 3.05) is 0 Å². The quantitative estimate of drug-likeness (QED) is 0.642. The highest BCUT2D eigenvalue weighted by molar-refractivity contribution is 9.10. The summed E-state index contributed by atoms with van der Waals surface area (Å²) in [5.41, 5.74) is 1.43. The van der Waals surface area contributed by atoms with Crippen molar-refractivity contribution in [2.45, 2.75) is 13.5 Å². The van der Waals surface area contributed by atoms with Gasteiger partial charge in [-0.15, -0.1) is 0 Å². The summed E-state index contributed by atoms with van der Waals surface area (Å²) >= 11 is 3.16. The molecule has 0 unspecified atom stereocenters. The van der Waals surface area contributed by atoms with E-state index in [0.29, 0.717) is 15.6 Å². The van der Waals surface area contributed by atoms with Gasteiger partial charge in [0.15, 0.2) is 0 Å². The SMILES string of the molecule is Cc1cc([N+](=O)[O-])cc(Br)c1CO. The first-order chi connectivity index (χ1) is 6.06. The third kappa shape index (κ3) is 2.05. The minimum absolute atomic E-state index is 0.0292. The first-order valence-electron chi connectivity index (χ1n) is 3.60. The molecule has 0 fully saturated rings. The van der Waals surface area contributed by atoms with Crippen LogP contribution in [-0.2, 0) is 6.61 Å². The summed E-state index contributed by atoms with van der Waals surface area (Å²) in [4.78, 5) is 9.97. The van der Waals surface area contributed by atoms with Gasteiger partial charge in [-0.3, -0.25) is 10.1 Å². The maximum absolute atomic E-state index is 10.4. The van der Waals surface area contributed by atoms with E-state index in [2.05, 4.69) is 15.9 Å². The molecule has 0 radical (unpaired) electrons. The number of aryl methyl sites for hydroxylation is 1. The highest BCUT2D eigenvalue weighted by Crippen LogP contribution is 2.26. The van der Waals surface area contributed by atoms with Gasteiger partial charge in [-0.1, -0.05) is 15.9 Å². The highest BCUT2D eigenvalue weighted by atomic mass is 79.9. The molecule has 0 aliphatic carbocycles. The molecule has 0 spiro atoms. The van der Waals surface area contributed by atoms with Gasteiger partial charge in [0, 0.05) is 16.6 Å². The highest BCUT2D eigenvalue weighted by Gasteiger charge is 2.11. The van der Waals surface area contributed by atoms with Crippen LogP contribution in [0.4, 0.5) is 5.69 Å². The largest absolute Gasteiger partial charge is 0.392 e. The zero-order chi connectivity index (χ0) is 10.0. The molecule has 13 heavy (non-hydrogen) atoms. The van der Waals surface area contributed by atoms with Crippen LogP contribution in [0.1, 0.15) is 11.1 Å². The Labute approximate surface area is 83.5 Å². The Hall–Kier alpha value is -0.940. The third-order valence-electron chi connectivity index (χ3n) is 1.77. The van der Waals surface area contributed by atoms with Crippen LogP contribution in [0.3, 0.4) is 0 Å². The van der Waals surface area contributed by atoms with Crippen LogP contribution in [0.25, 0.3) is 0 Å². The van der Waals surface area contributed by atoms with Gasteiger partial charge < -0.3 is 5.11 Å². The van der Waals surface area contributed by atoms with Crippen LogP contribution >= 0.6 is 15.9 Å². The van der Waals surface area contributed by atoms with E-state index in [1.165, 1.54) is 12.1 Å². The molecule has 0 amide bonds. The fraction of sp³-hybridized carbons (Fsp3) is 0.250. The standard InChI is InChI=1S/C8H8BrNO3/c1-5-2-6(10(12)13)3-8(9)7(5)4-11/h2-3,11H,4H2,1H3. The van der Waals surface area contributed by atoms with Crippen molar-refractivity contribution in [1.29, 1.82) is 0 Å². The fourth-order valence-electron chi connectivity index (χ4n) is 1.06. The molecule has 1 rings (SSSR count). The number of hydrogen-bond acceptors (Lipinski definition) is 3.